The minimum atomic E-state index is -0.216. The first-order valence-electron chi connectivity index (χ1n) is 10.5. The van der Waals surface area contributed by atoms with Crippen molar-refractivity contribution >= 4 is 0 Å². The molecule has 2 N–H and O–H groups in total. The highest BCUT2D eigenvalue weighted by atomic mass is 19.1. The second-order valence-electron chi connectivity index (χ2n) is 8.04. The summed E-state index contributed by atoms with van der Waals surface area (Å²) in [5, 5.41) is 12.5. The summed E-state index contributed by atoms with van der Waals surface area (Å²) in [4.78, 5) is 3.22. The van der Waals surface area contributed by atoms with Crippen LogP contribution in [0.15, 0.2) is 24.3 Å². The van der Waals surface area contributed by atoms with Gasteiger partial charge in [0, 0.05) is 12.7 Å². The summed E-state index contributed by atoms with van der Waals surface area (Å²) in [5.41, 5.74) is 1.06. The molecular formula is C20H31FN6O+2. The van der Waals surface area contributed by atoms with Gasteiger partial charge in [-0.25, -0.2) is 9.07 Å². The van der Waals surface area contributed by atoms with Gasteiger partial charge >= 0.3 is 0 Å². The molecule has 1 atom stereocenters. The van der Waals surface area contributed by atoms with Gasteiger partial charge in [-0.05, 0) is 60.4 Å². The van der Waals surface area contributed by atoms with E-state index in [9.17, 15) is 4.39 Å². The van der Waals surface area contributed by atoms with Crippen LogP contribution in [0.5, 0.6) is 0 Å². The number of nitrogens with one attached hydrogen (secondary N) is 2. The Balaban J connectivity index is 1.55. The largest absolute Gasteiger partial charge is 0.383 e. The Kier molecular flexibility index (Phi) is 6.29. The molecule has 1 saturated heterocycles. The van der Waals surface area contributed by atoms with Gasteiger partial charge in [0.25, 0.3) is 0 Å². The maximum Gasteiger partial charge on any atom is 0.214 e. The van der Waals surface area contributed by atoms with E-state index in [0.29, 0.717) is 13.2 Å². The number of piperazine rings is 1. The molecule has 8 heteroatoms. The van der Waals surface area contributed by atoms with Crippen LogP contribution < -0.4 is 9.80 Å². The van der Waals surface area contributed by atoms with Gasteiger partial charge in [-0.3, -0.25) is 0 Å². The average molecular weight is 391 g/mol. The summed E-state index contributed by atoms with van der Waals surface area (Å²) in [6.45, 7) is 5.68. The molecule has 0 bridgehead atoms. The molecule has 0 spiro atoms. The molecule has 0 amide bonds. The zero-order valence-corrected chi connectivity index (χ0v) is 16.6. The Hall–Kier alpha value is -1.90. The fraction of sp³-hybridized carbons (Fsp3) is 0.650. The number of halogens is 1. The smallest absolute Gasteiger partial charge is 0.214 e. The number of quaternary nitrogens is 2. The highest BCUT2D eigenvalue weighted by molar-refractivity contribution is 5.23. The minimum Gasteiger partial charge on any atom is -0.383 e. The number of aromatic nitrogens is 4. The summed E-state index contributed by atoms with van der Waals surface area (Å²) in [7, 11) is 1.68. The predicted molar refractivity (Wildman–Crippen MR) is 102 cm³/mol. The first-order valence-corrected chi connectivity index (χ1v) is 10.5. The third kappa shape index (κ3) is 4.24. The molecule has 2 heterocycles. The zero-order valence-electron chi connectivity index (χ0n) is 16.6. The Bertz CT molecular complexity index is 737. The molecule has 7 nitrogen and oxygen atoms in total. The van der Waals surface area contributed by atoms with E-state index in [1.54, 1.807) is 12.0 Å². The lowest BCUT2D eigenvalue weighted by atomic mass is 10.0. The van der Waals surface area contributed by atoms with Crippen molar-refractivity contribution < 1.29 is 18.9 Å². The number of nitrogens with zero attached hydrogens (tertiary/aromatic N) is 4. The summed E-state index contributed by atoms with van der Waals surface area (Å²) < 4.78 is 20.6. The Morgan fingerprint density at radius 2 is 1.86 bits per heavy atom. The van der Waals surface area contributed by atoms with E-state index in [0.717, 1.165) is 30.5 Å². The van der Waals surface area contributed by atoms with Crippen LogP contribution in [0.4, 0.5) is 4.39 Å². The fourth-order valence-corrected chi connectivity index (χ4v) is 4.90. The molecule has 0 unspecified atom stereocenters. The Labute approximate surface area is 165 Å². The fourth-order valence-electron chi connectivity index (χ4n) is 4.90. The molecular weight excluding hydrogens is 359 g/mol. The lowest BCUT2D eigenvalue weighted by molar-refractivity contribution is -1.03. The number of methoxy groups -OCH3 is 1. The van der Waals surface area contributed by atoms with Crippen LogP contribution in [0.25, 0.3) is 0 Å². The Morgan fingerprint density at radius 1 is 1.14 bits per heavy atom. The van der Waals surface area contributed by atoms with E-state index in [1.165, 1.54) is 55.8 Å². The molecule has 2 aliphatic rings. The van der Waals surface area contributed by atoms with Crippen LogP contribution in [0, 0.1) is 5.82 Å². The summed E-state index contributed by atoms with van der Waals surface area (Å²) >= 11 is 0. The maximum absolute atomic E-state index is 13.5. The highest BCUT2D eigenvalue weighted by Crippen LogP contribution is 2.18. The van der Waals surface area contributed by atoms with E-state index in [1.807, 2.05) is 16.8 Å². The van der Waals surface area contributed by atoms with Gasteiger partial charge in [0.2, 0.25) is 5.82 Å². The second-order valence-corrected chi connectivity index (χ2v) is 8.04. The molecule has 1 saturated carbocycles. The number of ether oxygens (including phenoxy) is 1. The van der Waals surface area contributed by atoms with Crippen LogP contribution in [-0.4, -0.2) is 66.1 Å². The lowest BCUT2D eigenvalue weighted by Gasteiger charge is -2.36. The number of tetrazole rings is 1. The number of benzene rings is 1. The van der Waals surface area contributed by atoms with Gasteiger partial charge in [-0.15, -0.1) is 5.10 Å². The molecule has 152 valence electrons. The van der Waals surface area contributed by atoms with Crippen molar-refractivity contribution in [2.24, 2.45) is 0 Å². The third-order valence-electron chi connectivity index (χ3n) is 6.40. The molecule has 1 aromatic carbocycles. The summed E-state index contributed by atoms with van der Waals surface area (Å²) in [5.74, 6) is 0.620. The van der Waals surface area contributed by atoms with Crippen LogP contribution >= 0.6 is 0 Å². The standard InChI is InChI=1S/C20H29FN6O/c1-28-15-14-27-20(22-23-24-27)19(16-6-8-17(21)9-7-16)26-12-10-25(11-13-26)18-4-2-3-5-18/h6-9,18-19H,2-5,10-15H2,1H3/p+2/t19-/m0/s1. The molecule has 0 radical (unpaired) electrons. The van der Waals surface area contributed by atoms with Crippen molar-refractivity contribution in [3.8, 4) is 0 Å². The highest BCUT2D eigenvalue weighted by Gasteiger charge is 2.38. The number of hydrogen-bond acceptors (Lipinski definition) is 4. The molecule has 2 aromatic rings. The van der Waals surface area contributed by atoms with Gasteiger partial charge in [0.15, 0.2) is 6.04 Å². The second kappa shape index (κ2) is 9.07. The SMILES string of the molecule is COCCn1nnnc1[C@H](c1ccc(F)cc1)[NH+]1CC[NH+](C2CCCC2)CC1. The molecule has 28 heavy (non-hydrogen) atoms. The van der Waals surface area contributed by atoms with Gasteiger partial charge in [-0.1, -0.05) is 0 Å². The van der Waals surface area contributed by atoms with E-state index in [2.05, 4.69) is 15.5 Å². The van der Waals surface area contributed by atoms with E-state index >= 15 is 0 Å². The van der Waals surface area contributed by atoms with Crippen LogP contribution in [0.3, 0.4) is 0 Å². The van der Waals surface area contributed by atoms with Gasteiger partial charge in [-0.2, -0.15) is 0 Å². The normalized spacial score (nSPS) is 24.5. The number of hydrogen-bond donors (Lipinski definition) is 2. The van der Waals surface area contributed by atoms with Gasteiger partial charge < -0.3 is 14.5 Å². The molecule has 1 aromatic heterocycles. The van der Waals surface area contributed by atoms with Gasteiger partial charge in [0.1, 0.15) is 32.0 Å². The average Bonchev–Trinajstić information content (AvgIpc) is 3.41. The van der Waals surface area contributed by atoms with Crippen molar-refractivity contribution in [3.63, 3.8) is 0 Å². The van der Waals surface area contributed by atoms with Crippen molar-refractivity contribution in [3.05, 3.63) is 41.5 Å². The van der Waals surface area contributed by atoms with Crippen molar-refractivity contribution in [2.75, 3.05) is 39.9 Å². The topological polar surface area (TPSA) is 61.7 Å². The molecule has 1 aliphatic carbocycles. The van der Waals surface area contributed by atoms with Crippen molar-refractivity contribution in [2.45, 2.75) is 44.3 Å². The monoisotopic (exact) mass is 390 g/mol. The Morgan fingerprint density at radius 3 is 2.54 bits per heavy atom. The van der Waals surface area contributed by atoms with Crippen LogP contribution in [-0.2, 0) is 11.3 Å². The molecule has 2 fully saturated rings. The van der Waals surface area contributed by atoms with E-state index in [4.69, 9.17) is 4.74 Å². The third-order valence-corrected chi connectivity index (χ3v) is 6.40. The van der Waals surface area contributed by atoms with Crippen molar-refractivity contribution in [1.82, 2.24) is 20.2 Å². The quantitative estimate of drug-likeness (QED) is 0.655. The van der Waals surface area contributed by atoms with Gasteiger partial charge in [0.05, 0.1) is 19.2 Å². The number of rotatable bonds is 7. The maximum atomic E-state index is 13.5. The van der Waals surface area contributed by atoms with Crippen LogP contribution in [0.2, 0.25) is 0 Å². The lowest BCUT2D eigenvalue weighted by Crippen LogP contribution is -3.29. The first kappa shape index (κ1) is 19.4. The zero-order chi connectivity index (χ0) is 19.3. The molecule has 1 aliphatic heterocycles. The van der Waals surface area contributed by atoms with Crippen LogP contribution in [0.1, 0.15) is 43.1 Å². The first-order chi connectivity index (χ1) is 13.8. The summed E-state index contributed by atoms with van der Waals surface area (Å²) in [6.07, 6.45) is 5.52. The van der Waals surface area contributed by atoms with Crippen molar-refractivity contribution in [1.29, 1.82) is 0 Å². The van der Waals surface area contributed by atoms with E-state index < -0.39 is 0 Å². The van der Waals surface area contributed by atoms with E-state index in [-0.39, 0.29) is 11.9 Å². The predicted octanol–water partition coefficient (Wildman–Crippen LogP) is -0.726. The summed E-state index contributed by atoms with van der Waals surface area (Å²) in [6, 6.07) is 7.67. The molecule has 4 rings (SSSR count). The minimum absolute atomic E-state index is 0.0117.